The first kappa shape index (κ1) is 24.5. The topological polar surface area (TPSA) is 90.9 Å². The van der Waals surface area contributed by atoms with E-state index in [1.807, 2.05) is 30.3 Å². The van der Waals surface area contributed by atoms with Gasteiger partial charge in [0, 0.05) is 0 Å². The Morgan fingerprint density at radius 3 is 1.93 bits per heavy atom. The molecule has 0 saturated carbocycles. The molecule has 0 saturated heterocycles. The quantitative estimate of drug-likeness (QED) is 0.548. The van der Waals surface area contributed by atoms with Crippen molar-refractivity contribution in [2.24, 2.45) is 5.92 Å². The molecule has 162 valence electrons. The summed E-state index contributed by atoms with van der Waals surface area (Å²) < 4.78 is 15.6. The molecule has 0 heterocycles. The van der Waals surface area contributed by atoms with E-state index in [2.05, 4.69) is 5.32 Å². The number of benzene rings is 1. The molecule has 0 fully saturated rings. The molecule has 0 aromatic heterocycles. The standard InChI is InChI=1S/C22H33NO6/c1-21(2,3)28-19(25)17(23-20(26)29-22(4,5)6)14-16(18(24)27-7)13-15-11-9-8-10-12-15/h8-12,16-17H,13-14H2,1-7H3,(H,23,26)/t16-,17-/m0/s1. The van der Waals surface area contributed by atoms with Gasteiger partial charge in [0.1, 0.15) is 17.2 Å². The van der Waals surface area contributed by atoms with Crippen molar-refractivity contribution in [2.45, 2.75) is 71.6 Å². The summed E-state index contributed by atoms with van der Waals surface area (Å²) in [6.07, 6.45) is -0.366. The maximum atomic E-state index is 12.7. The smallest absolute Gasteiger partial charge is 0.408 e. The minimum Gasteiger partial charge on any atom is -0.469 e. The molecule has 0 aliphatic heterocycles. The molecule has 0 aliphatic rings. The zero-order valence-corrected chi connectivity index (χ0v) is 18.4. The zero-order valence-electron chi connectivity index (χ0n) is 18.4. The Morgan fingerprint density at radius 2 is 1.45 bits per heavy atom. The normalized spacial score (nSPS) is 13.8. The Bertz CT molecular complexity index is 687. The van der Waals surface area contributed by atoms with Crippen molar-refractivity contribution in [3.05, 3.63) is 35.9 Å². The second kappa shape index (κ2) is 10.3. The molecule has 1 amide bonds. The highest BCUT2D eigenvalue weighted by Crippen LogP contribution is 2.19. The Morgan fingerprint density at radius 1 is 0.897 bits per heavy atom. The lowest BCUT2D eigenvalue weighted by Crippen LogP contribution is -2.47. The van der Waals surface area contributed by atoms with Crippen LogP contribution in [0.4, 0.5) is 4.79 Å². The molecule has 1 aromatic rings. The number of rotatable bonds is 7. The molecule has 7 nitrogen and oxygen atoms in total. The average molecular weight is 408 g/mol. The van der Waals surface area contributed by atoms with Gasteiger partial charge >= 0.3 is 18.0 Å². The average Bonchev–Trinajstić information content (AvgIpc) is 2.57. The van der Waals surface area contributed by atoms with Crippen molar-refractivity contribution in [3.8, 4) is 0 Å². The van der Waals surface area contributed by atoms with Crippen LogP contribution in [0.3, 0.4) is 0 Å². The number of methoxy groups -OCH3 is 1. The predicted molar refractivity (Wildman–Crippen MR) is 109 cm³/mol. The third-order valence-electron chi connectivity index (χ3n) is 3.76. The van der Waals surface area contributed by atoms with Gasteiger partial charge < -0.3 is 19.5 Å². The van der Waals surface area contributed by atoms with Crippen LogP contribution < -0.4 is 5.32 Å². The molecule has 1 rings (SSSR count). The van der Waals surface area contributed by atoms with Gasteiger partial charge in [-0.3, -0.25) is 4.79 Å². The van der Waals surface area contributed by atoms with Gasteiger partial charge in [-0.2, -0.15) is 0 Å². The zero-order chi connectivity index (χ0) is 22.2. The molecule has 7 heteroatoms. The molecule has 0 unspecified atom stereocenters. The summed E-state index contributed by atoms with van der Waals surface area (Å²) in [4.78, 5) is 37.3. The van der Waals surface area contributed by atoms with Crippen molar-refractivity contribution in [1.29, 1.82) is 0 Å². The van der Waals surface area contributed by atoms with E-state index in [0.717, 1.165) is 5.56 Å². The fourth-order valence-corrected chi connectivity index (χ4v) is 2.65. The van der Waals surface area contributed by atoms with Gasteiger partial charge in [0.25, 0.3) is 0 Å². The molecule has 1 aromatic carbocycles. The number of nitrogens with one attached hydrogen (secondary N) is 1. The van der Waals surface area contributed by atoms with E-state index in [9.17, 15) is 14.4 Å². The lowest BCUT2D eigenvalue weighted by Gasteiger charge is -2.27. The van der Waals surface area contributed by atoms with Crippen molar-refractivity contribution in [2.75, 3.05) is 7.11 Å². The number of carbonyl (C=O) groups is 3. The molecule has 0 bridgehead atoms. The summed E-state index contributed by atoms with van der Waals surface area (Å²) in [6.45, 7) is 10.4. The number of esters is 2. The van der Waals surface area contributed by atoms with Crippen LogP contribution in [0.25, 0.3) is 0 Å². The van der Waals surface area contributed by atoms with E-state index in [1.165, 1.54) is 7.11 Å². The third kappa shape index (κ3) is 9.96. The first-order valence-electron chi connectivity index (χ1n) is 9.65. The van der Waals surface area contributed by atoms with E-state index < -0.39 is 41.2 Å². The van der Waals surface area contributed by atoms with Crippen molar-refractivity contribution in [1.82, 2.24) is 5.32 Å². The highest BCUT2D eigenvalue weighted by atomic mass is 16.6. The lowest BCUT2D eigenvalue weighted by atomic mass is 9.92. The fourth-order valence-electron chi connectivity index (χ4n) is 2.65. The first-order chi connectivity index (χ1) is 13.3. The second-order valence-electron chi connectivity index (χ2n) is 8.88. The summed E-state index contributed by atoms with van der Waals surface area (Å²) in [7, 11) is 1.30. The molecule has 0 aliphatic carbocycles. The summed E-state index contributed by atoms with van der Waals surface area (Å²) >= 11 is 0. The molecule has 2 atom stereocenters. The SMILES string of the molecule is COC(=O)[C@@H](Cc1ccccc1)C[C@H](NC(=O)OC(C)(C)C)C(=O)OC(C)(C)C. The minimum absolute atomic E-state index is 0.0235. The van der Waals surface area contributed by atoms with E-state index in [4.69, 9.17) is 14.2 Å². The van der Waals surface area contributed by atoms with Crippen molar-refractivity contribution < 1.29 is 28.6 Å². The molecular formula is C22H33NO6. The Labute approximate surface area is 173 Å². The van der Waals surface area contributed by atoms with Crippen LogP contribution in [0.5, 0.6) is 0 Å². The van der Waals surface area contributed by atoms with Crippen LogP contribution >= 0.6 is 0 Å². The van der Waals surface area contributed by atoms with Gasteiger partial charge in [0.05, 0.1) is 13.0 Å². The number of amides is 1. The van der Waals surface area contributed by atoms with Gasteiger partial charge in [-0.1, -0.05) is 30.3 Å². The summed E-state index contributed by atoms with van der Waals surface area (Å²) in [6, 6.07) is 8.34. The van der Waals surface area contributed by atoms with Crippen molar-refractivity contribution >= 4 is 18.0 Å². The number of alkyl carbamates (subject to hydrolysis) is 1. The Balaban J connectivity index is 3.04. The monoisotopic (exact) mass is 407 g/mol. The first-order valence-corrected chi connectivity index (χ1v) is 9.65. The second-order valence-corrected chi connectivity index (χ2v) is 8.88. The van der Waals surface area contributed by atoms with Crippen LogP contribution in [-0.4, -0.2) is 42.4 Å². The lowest BCUT2D eigenvalue weighted by molar-refractivity contribution is -0.158. The third-order valence-corrected chi connectivity index (χ3v) is 3.76. The maximum absolute atomic E-state index is 12.7. The van der Waals surface area contributed by atoms with E-state index in [-0.39, 0.29) is 6.42 Å². The van der Waals surface area contributed by atoms with Gasteiger partial charge in [0.15, 0.2) is 0 Å². The summed E-state index contributed by atoms with van der Waals surface area (Å²) in [5, 5.41) is 2.55. The highest BCUT2D eigenvalue weighted by molar-refractivity contribution is 5.83. The van der Waals surface area contributed by atoms with E-state index in [0.29, 0.717) is 6.42 Å². The fraction of sp³-hybridized carbons (Fsp3) is 0.591. The molecule has 0 radical (unpaired) electrons. The van der Waals surface area contributed by atoms with Crippen LogP contribution in [0.15, 0.2) is 30.3 Å². The largest absolute Gasteiger partial charge is 0.469 e. The molecular weight excluding hydrogens is 374 g/mol. The molecule has 0 spiro atoms. The van der Waals surface area contributed by atoms with Crippen LogP contribution in [-0.2, 0) is 30.2 Å². The summed E-state index contributed by atoms with van der Waals surface area (Å²) in [5.74, 6) is -1.74. The van der Waals surface area contributed by atoms with Gasteiger partial charge in [0.2, 0.25) is 0 Å². The van der Waals surface area contributed by atoms with Gasteiger partial charge in [-0.15, -0.1) is 0 Å². The molecule has 1 N–H and O–H groups in total. The minimum atomic E-state index is -1.06. The van der Waals surface area contributed by atoms with E-state index >= 15 is 0 Å². The van der Waals surface area contributed by atoms with Crippen LogP contribution in [0, 0.1) is 5.92 Å². The number of hydrogen-bond donors (Lipinski definition) is 1. The van der Waals surface area contributed by atoms with Crippen molar-refractivity contribution in [3.63, 3.8) is 0 Å². The van der Waals surface area contributed by atoms with Crippen LogP contribution in [0.2, 0.25) is 0 Å². The Kier molecular flexibility index (Phi) is 8.67. The number of ether oxygens (including phenoxy) is 3. The number of carbonyl (C=O) groups excluding carboxylic acids is 3. The van der Waals surface area contributed by atoms with E-state index in [1.54, 1.807) is 41.5 Å². The summed E-state index contributed by atoms with van der Waals surface area (Å²) in [5.41, 5.74) is -0.553. The highest BCUT2D eigenvalue weighted by Gasteiger charge is 2.33. The van der Waals surface area contributed by atoms with Gasteiger partial charge in [-0.25, -0.2) is 9.59 Å². The maximum Gasteiger partial charge on any atom is 0.408 e. The molecule has 29 heavy (non-hydrogen) atoms. The number of hydrogen-bond acceptors (Lipinski definition) is 6. The Hall–Kier alpha value is -2.57. The predicted octanol–water partition coefficient (Wildman–Crippen LogP) is 3.64. The van der Waals surface area contributed by atoms with Gasteiger partial charge in [-0.05, 0) is 59.9 Å². The van der Waals surface area contributed by atoms with Crippen LogP contribution in [0.1, 0.15) is 53.5 Å².